The Bertz CT molecular complexity index is 1540. The van der Waals surface area contributed by atoms with Gasteiger partial charge < -0.3 is 10.1 Å². The van der Waals surface area contributed by atoms with Crippen LogP contribution in [-0.4, -0.2) is 30.5 Å². The molecule has 35 heavy (non-hydrogen) atoms. The number of nitrogens with one attached hydrogen (secondary N) is 2. The fourth-order valence-corrected chi connectivity index (χ4v) is 5.72. The largest absolute Gasteiger partial charge is 0.480 e. The molecule has 180 valence electrons. The number of para-hydroxylation sites is 1. The highest BCUT2D eigenvalue weighted by atomic mass is 32.2. The summed E-state index contributed by atoms with van der Waals surface area (Å²) >= 11 is 0.828. The number of aromatic amines is 1. The highest BCUT2D eigenvalue weighted by Crippen LogP contribution is 2.29. The molecule has 0 amide bonds. The third-order valence-corrected chi connectivity index (χ3v) is 8.05. The molecule has 0 fully saturated rings. The lowest BCUT2D eigenvalue weighted by Crippen LogP contribution is -2.41. The summed E-state index contributed by atoms with van der Waals surface area (Å²) in [5.41, 5.74) is 1.01. The second-order valence-corrected chi connectivity index (χ2v) is 10.5. The molecule has 0 unspecified atom stereocenters. The minimum atomic E-state index is -4.45. The van der Waals surface area contributed by atoms with Gasteiger partial charge in [0.25, 0.3) is 10.0 Å². The molecule has 0 spiro atoms. The van der Waals surface area contributed by atoms with Crippen LogP contribution in [0.2, 0.25) is 0 Å². The molecule has 2 aromatic heterocycles. The van der Waals surface area contributed by atoms with Crippen molar-refractivity contribution in [2.75, 3.05) is 0 Å². The van der Waals surface area contributed by atoms with Crippen LogP contribution < -0.4 is 4.72 Å². The second-order valence-electron chi connectivity index (χ2n) is 7.52. The molecule has 0 aliphatic rings. The fraction of sp³-hybridized carbons (Fsp3) is 0.125. The number of carboxylic acid groups (broad SMARTS) is 1. The molecular weight excluding hydrogens is 501 g/mol. The summed E-state index contributed by atoms with van der Waals surface area (Å²) in [5.74, 6) is 4.09. The number of aliphatic carboxylic acids is 1. The van der Waals surface area contributed by atoms with E-state index < -0.39 is 33.8 Å². The van der Waals surface area contributed by atoms with Gasteiger partial charge in [-0.05, 0) is 48.0 Å². The first-order chi connectivity index (χ1) is 16.5. The number of hydrogen-bond donors (Lipinski definition) is 3. The average molecular weight is 519 g/mol. The van der Waals surface area contributed by atoms with E-state index in [0.717, 1.165) is 34.4 Å². The van der Waals surface area contributed by atoms with Crippen molar-refractivity contribution in [3.05, 3.63) is 88.4 Å². The molecule has 4 rings (SSSR count). The maximum absolute atomic E-state index is 12.8. The van der Waals surface area contributed by atoms with E-state index in [4.69, 9.17) is 0 Å². The summed E-state index contributed by atoms with van der Waals surface area (Å²) in [6.07, 6.45) is -2.86. The summed E-state index contributed by atoms with van der Waals surface area (Å²) in [6, 6.07) is 12.9. The minimum absolute atomic E-state index is 0.0649. The standard InChI is InChI=1S/C24H17F3N2O4S2/c25-24(26,27)17-8-5-15(6-9-17)7-10-18-11-12-22(34-18)35(32,33)29-21(23(30)31)13-16-14-28-20-4-2-1-3-19(16)20/h1-6,8-9,11-12,14,21,28-29H,13H2,(H,30,31)/t21-/m1/s1. The van der Waals surface area contributed by atoms with Crippen molar-refractivity contribution in [1.29, 1.82) is 0 Å². The van der Waals surface area contributed by atoms with Gasteiger partial charge in [0.15, 0.2) is 0 Å². The maximum Gasteiger partial charge on any atom is 0.416 e. The quantitative estimate of drug-likeness (QED) is 0.324. The third kappa shape index (κ3) is 5.74. The molecule has 0 radical (unpaired) electrons. The van der Waals surface area contributed by atoms with E-state index >= 15 is 0 Å². The smallest absolute Gasteiger partial charge is 0.416 e. The summed E-state index contributed by atoms with van der Waals surface area (Å²) in [7, 11) is -4.16. The Hall–Kier alpha value is -3.59. The number of carboxylic acids is 1. The number of fused-ring (bicyclic) bond motifs is 1. The van der Waals surface area contributed by atoms with Crippen LogP contribution >= 0.6 is 11.3 Å². The Balaban J connectivity index is 1.50. The van der Waals surface area contributed by atoms with Gasteiger partial charge in [-0.25, -0.2) is 8.42 Å². The Morgan fingerprint density at radius 1 is 1.06 bits per heavy atom. The summed E-state index contributed by atoms with van der Waals surface area (Å²) in [4.78, 5) is 15.2. The molecule has 1 atom stereocenters. The first kappa shape index (κ1) is 24.5. The van der Waals surface area contributed by atoms with Crippen LogP contribution in [0.25, 0.3) is 10.9 Å². The van der Waals surface area contributed by atoms with Gasteiger partial charge in [0.1, 0.15) is 10.3 Å². The highest BCUT2D eigenvalue weighted by Gasteiger charge is 2.30. The predicted octanol–water partition coefficient (Wildman–Crippen LogP) is 4.62. The summed E-state index contributed by atoms with van der Waals surface area (Å²) in [6.45, 7) is 0. The molecule has 0 aliphatic carbocycles. The molecule has 3 N–H and O–H groups in total. The first-order valence-electron chi connectivity index (χ1n) is 10.1. The summed E-state index contributed by atoms with van der Waals surface area (Å²) < 4.78 is 65.8. The molecule has 0 aliphatic heterocycles. The van der Waals surface area contributed by atoms with Crippen LogP contribution in [0.1, 0.15) is 21.6 Å². The van der Waals surface area contributed by atoms with Crippen LogP contribution in [0.5, 0.6) is 0 Å². The van der Waals surface area contributed by atoms with E-state index in [9.17, 15) is 31.5 Å². The lowest BCUT2D eigenvalue weighted by atomic mass is 10.1. The van der Waals surface area contributed by atoms with Crippen LogP contribution in [0, 0.1) is 11.8 Å². The van der Waals surface area contributed by atoms with Gasteiger partial charge in [-0.3, -0.25) is 4.79 Å². The van der Waals surface area contributed by atoms with E-state index in [-0.39, 0.29) is 10.6 Å². The van der Waals surface area contributed by atoms with Crippen molar-refractivity contribution < 1.29 is 31.5 Å². The second kappa shape index (κ2) is 9.58. The number of aromatic nitrogens is 1. The van der Waals surface area contributed by atoms with Crippen LogP contribution in [0.4, 0.5) is 13.2 Å². The number of H-pyrrole nitrogens is 1. The van der Waals surface area contributed by atoms with Crippen molar-refractivity contribution >= 4 is 38.2 Å². The monoisotopic (exact) mass is 518 g/mol. The number of alkyl halides is 3. The molecule has 11 heteroatoms. The van der Waals surface area contributed by atoms with Crippen LogP contribution in [0.15, 0.2) is 71.1 Å². The number of sulfonamides is 1. The van der Waals surface area contributed by atoms with Gasteiger partial charge in [0.2, 0.25) is 0 Å². The van der Waals surface area contributed by atoms with E-state index in [1.54, 1.807) is 12.3 Å². The van der Waals surface area contributed by atoms with Crippen molar-refractivity contribution in [2.24, 2.45) is 0 Å². The van der Waals surface area contributed by atoms with Gasteiger partial charge in [0, 0.05) is 29.1 Å². The van der Waals surface area contributed by atoms with Crippen LogP contribution in [0.3, 0.4) is 0 Å². The van der Waals surface area contributed by atoms with E-state index in [1.807, 2.05) is 18.2 Å². The van der Waals surface area contributed by atoms with Crippen molar-refractivity contribution in [3.8, 4) is 11.8 Å². The molecule has 0 saturated carbocycles. The van der Waals surface area contributed by atoms with Crippen molar-refractivity contribution in [2.45, 2.75) is 22.8 Å². The minimum Gasteiger partial charge on any atom is -0.480 e. The van der Waals surface area contributed by atoms with E-state index in [2.05, 4.69) is 21.5 Å². The van der Waals surface area contributed by atoms with Gasteiger partial charge in [-0.1, -0.05) is 30.0 Å². The fourth-order valence-electron chi connectivity index (χ4n) is 3.35. The van der Waals surface area contributed by atoms with Gasteiger partial charge in [-0.2, -0.15) is 17.9 Å². The number of benzene rings is 2. The average Bonchev–Trinajstić information content (AvgIpc) is 3.45. The lowest BCUT2D eigenvalue weighted by Gasteiger charge is -2.13. The Morgan fingerprint density at radius 2 is 1.77 bits per heavy atom. The number of carbonyl (C=O) groups is 1. The SMILES string of the molecule is O=C(O)[C@@H](Cc1c[nH]c2ccccc12)NS(=O)(=O)c1ccc(C#Cc2ccc(C(F)(F)F)cc2)s1. The zero-order valence-corrected chi connectivity index (χ0v) is 19.4. The van der Waals surface area contributed by atoms with Crippen molar-refractivity contribution in [3.63, 3.8) is 0 Å². The lowest BCUT2D eigenvalue weighted by molar-refractivity contribution is -0.139. The van der Waals surface area contributed by atoms with E-state index in [1.165, 1.54) is 24.3 Å². The Labute approximate surface area is 202 Å². The number of hydrogen-bond acceptors (Lipinski definition) is 4. The maximum atomic E-state index is 12.8. The molecule has 6 nitrogen and oxygen atoms in total. The number of halogens is 3. The zero-order valence-electron chi connectivity index (χ0n) is 17.8. The topological polar surface area (TPSA) is 99.3 Å². The van der Waals surface area contributed by atoms with Crippen molar-refractivity contribution in [1.82, 2.24) is 9.71 Å². The van der Waals surface area contributed by atoms with Gasteiger partial charge in [0.05, 0.1) is 10.4 Å². The molecule has 0 bridgehead atoms. The Morgan fingerprint density at radius 3 is 2.46 bits per heavy atom. The number of thiophene rings is 1. The molecule has 0 saturated heterocycles. The zero-order chi connectivity index (χ0) is 25.2. The predicted molar refractivity (Wildman–Crippen MR) is 125 cm³/mol. The molecule has 4 aromatic rings. The van der Waals surface area contributed by atoms with Gasteiger partial charge in [-0.15, -0.1) is 11.3 Å². The summed E-state index contributed by atoms with van der Waals surface area (Å²) in [5, 5.41) is 10.4. The molecule has 2 heterocycles. The van der Waals surface area contributed by atoms with Crippen LogP contribution in [-0.2, 0) is 27.4 Å². The normalized spacial score (nSPS) is 12.8. The first-order valence-corrected chi connectivity index (χ1v) is 12.4. The van der Waals surface area contributed by atoms with E-state index in [0.29, 0.717) is 16.0 Å². The molecular formula is C24H17F3N2O4S2. The highest BCUT2D eigenvalue weighted by molar-refractivity contribution is 7.91. The Kier molecular flexibility index (Phi) is 6.71. The molecule has 2 aromatic carbocycles. The van der Waals surface area contributed by atoms with Gasteiger partial charge >= 0.3 is 12.1 Å². The number of rotatable bonds is 6. The third-order valence-electron chi connectivity index (χ3n) is 5.08.